The summed E-state index contributed by atoms with van der Waals surface area (Å²) in [7, 11) is 0. The predicted molar refractivity (Wildman–Crippen MR) is 62.3 cm³/mol. The molecule has 0 aliphatic rings. The van der Waals surface area contributed by atoms with E-state index in [1.807, 2.05) is 19.1 Å². The van der Waals surface area contributed by atoms with Crippen LogP contribution in [0.5, 0.6) is 0 Å². The van der Waals surface area contributed by atoms with E-state index in [2.05, 4.69) is 11.4 Å². The van der Waals surface area contributed by atoms with Crippen molar-refractivity contribution >= 4 is 0 Å². The van der Waals surface area contributed by atoms with E-state index in [0.29, 0.717) is 12.1 Å². The molecule has 0 unspecified atom stereocenters. The fraction of sp³-hybridized carbons (Fsp3) is 0.308. The number of benzene rings is 1. The van der Waals surface area contributed by atoms with Crippen molar-refractivity contribution in [3.63, 3.8) is 0 Å². The van der Waals surface area contributed by atoms with E-state index in [4.69, 9.17) is 5.26 Å². The molecule has 2 nitrogen and oxygen atoms in total. The SMILES string of the molecule is C/C=C/CCNCc1cccc(C#N)c1F. The van der Waals surface area contributed by atoms with Crippen molar-refractivity contribution in [2.75, 3.05) is 6.54 Å². The highest BCUT2D eigenvalue weighted by Crippen LogP contribution is 2.11. The van der Waals surface area contributed by atoms with Crippen LogP contribution < -0.4 is 5.32 Å². The topological polar surface area (TPSA) is 35.8 Å². The zero-order valence-corrected chi connectivity index (χ0v) is 9.33. The van der Waals surface area contributed by atoms with Gasteiger partial charge in [-0.3, -0.25) is 0 Å². The molecule has 0 aliphatic heterocycles. The highest BCUT2D eigenvalue weighted by Gasteiger charge is 2.06. The fourth-order valence-electron chi connectivity index (χ4n) is 1.38. The predicted octanol–water partition coefficient (Wildman–Crippen LogP) is 2.75. The van der Waals surface area contributed by atoms with Gasteiger partial charge in [0.25, 0.3) is 0 Å². The maximum atomic E-state index is 13.6. The highest BCUT2D eigenvalue weighted by atomic mass is 19.1. The van der Waals surface area contributed by atoms with Crippen LogP contribution in [0.2, 0.25) is 0 Å². The molecule has 0 saturated heterocycles. The maximum Gasteiger partial charge on any atom is 0.145 e. The molecule has 0 amide bonds. The average Bonchev–Trinajstić information content (AvgIpc) is 2.31. The van der Waals surface area contributed by atoms with Crippen molar-refractivity contribution in [2.24, 2.45) is 0 Å². The van der Waals surface area contributed by atoms with Gasteiger partial charge in [0.2, 0.25) is 0 Å². The zero-order chi connectivity index (χ0) is 11.8. The molecule has 1 rings (SSSR count). The van der Waals surface area contributed by atoms with Crippen LogP contribution in [0.4, 0.5) is 4.39 Å². The van der Waals surface area contributed by atoms with Crippen molar-refractivity contribution in [3.05, 3.63) is 47.3 Å². The van der Waals surface area contributed by atoms with Gasteiger partial charge in [-0.2, -0.15) is 5.26 Å². The molecular weight excluding hydrogens is 203 g/mol. The molecule has 0 radical (unpaired) electrons. The molecule has 1 N–H and O–H groups in total. The number of nitrogens with zero attached hydrogens (tertiary/aromatic N) is 1. The van der Waals surface area contributed by atoms with Crippen molar-refractivity contribution in [3.8, 4) is 6.07 Å². The lowest BCUT2D eigenvalue weighted by molar-refractivity contribution is 0.586. The second-order valence-corrected chi connectivity index (χ2v) is 3.42. The van der Waals surface area contributed by atoms with Crippen LogP contribution in [0.3, 0.4) is 0 Å². The first-order valence-electron chi connectivity index (χ1n) is 5.29. The number of halogens is 1. The first-order valence-corrected chi connectivity index (χ1v) is 5.29. The number of allylic oxidation sites excluding steroid dienone is 1. The summed E-state index contributed by atoms with van der Waals surface area (Å²) in [6.45, 7) is 3.23. The number of nitrogens with one attached hydrogen (secondary N) is 1. The Morgan fingerprint density at radius 1 is 1.50 bits per heavy atom. The summed E-state index contributed by atoms with van der Waals surface area (Å²) in [4.78, 5) is 0. The van der Waals surface area contributed by atoms with E-state index in [9.17, 15) is 4.39 Å². The Labute approximate surface area is 95.4 Å². The lowest BCUT2D eigenvalue weighted by Crippen LogP contribution is -2.15. The van der Waals surface area contributed by atoms with Crippen molar-refractivity contribution in [1.82, 2.24) is 5.32 Å². The minimum absolute atomic E-state index is 0.104. The normalized spacial score (nSPS) is 10.6. The van der Waals surface area contributed by atoms with Crippen LogP contribution in [0.1, 0.15) is 24.5 Å². The first-order chi connectivity index (χ1) is 7.79. The van der Waals surface area contributed by atoms with Gasteiger partial charge >= 0.3 is 0 Å². The van der Waals surface area contributed by atoms with Crippen LogP contribution >= 0.6 is 0 Å². The third kappa shape index (κ3) is 3.48. The third-order valence-electron chi connectivity index (χ3n) is 2.24. The van der Waals surface area contributed by atoms with Gasteiger partial charge in [0, 0.05) is 12.1 Å². The Morgan fingerprint density at radius 3 is 3.00 bits per heavy atom. The Balaban J connectivity index is 2.51. The number of hydrogen-bond donors (Lipinski definition) is 1. The van der Waals surface area contributed by atoms with Gasteiger partial charge < -0.3 is 5.32 Å². The molecule has 0 atom stereocenters. The molecular formula is C13H15FN2. The smallest absolute Gasteiger partial charge is 0.145 e. The van der Waals surface area contributed by atoms with E-state index in [1.54, 1.807) is 12.1 Å². The molecule has 0 spiro atoms. The van der Waals surface area contributed by atoms with Crippen molar-refractivity contribution < 1.29 is 4.39 Å². The standard InChI is InChI=1S/C13H15FN2/c1-2-3-4-8-16-10-12-7-5-6-11(9-15)13(12)14/h2-3,5-7,16H,4,8,10H2,1H3/b3-2+. The Hall–Kier alpha value is -1.66. The zero-order valence-electron chi connectivity index (χ0n) is 9.33. The molecule has 0 aliphatic carbocycles. The van der Waals surface area contributed by atoms with Gasteiger partial charge in [-0.15, -0.1) is 0 Å². The van der Waals surface area contributed by atoms with Gasteiger partial charge in [-0.1, -0.05) is 24.3 Å². The van der Waals surface area contributed by atoms with Crippen LogP contribution in [-0.2, 0) is 6.54 Å². The highest BCUT2D eigenvalue weighted by molar-refractivity contribution is 5.34. The summed E-state index contributed by atoms with van der Waals surface area (Å²) in [5, 5.41) is 11.8. The summed E-state index contributed by atoms with van der Waals surface area (Å²) in [6, 6.07) is 6.71. The van der Waals surface area contributed by atoms with Gasteiger partial charge in [-0.25, -0.2) is 4.39 Å². The first kappa shape index (κ1) is 12.4. The third-order valence-corrected chi connectivity index (χ3v) is 2.24. The number of nitriles is 1. The van der Waals surface area contributed by atoms with Crippen LogP contribution in [-0.4, -0.2) is 6.54 Å². The van der Waals surface area contributed by atoms with E-state index < -0.39 is 5.82 Å². The van der Waals surface area contributed by atoms with E-state index in [0.717, 1.165) is 13.0 Å². The van der Waals surface area contributed by atoms with Gasteiger partial charge in [0.1, 0.15) is 11.9 Å². The molecule has 84 valence electrons. The lowest BCUT2D eigenvalue weighted by Gasteiger charge is -2.05. The van der Waals surface area contributed by atoms with Gasteiger partial charge in [0.05, 0.1) is 5.56 Å². The molecule has 16 heavy (non-hydrogen) atoms. The summed E-state index contributed by atoms with van der Waals surface area (Å²) >= 11 is 0. The van der Waals surface area contributed by atoms with Crippen LogP contribution in [0, 0.1) is 17.1 Å². The molecule has 1 aromatic rings. The molecule has 0 heterocycles. The largest absolute Gasteiger partial charge is 0.312 e. The monoisotopic (exact) mass is 218 g/mol. The molecule has 0 saturated carbocycles. The maximum absolute atomic E-state index is 13.6. The molecule has 3 heteroatoms. The van der Waals surface area contributed by atoms with Crippen molar-refractivity contribution in [1.29, 1.82) is 5.26 Å². The van der Waals surface area contributed by atoms with Gasteiger partial charge in [-0.05, 0) is 26.0 Å². The second kappa shape index (κ2) is 6.76. The lowest BCUT2D eigenvalue weighted by atomic mass is 10.1. The van der Waals surface area contributed by atoms with Crippen LogP contribution in [0.15, 0.2) is 30.4 Å². The Morgan fingerprint density at radius 2 is 2.31 bits per heavy atom. The number of hydrogen-bond acceptors (Lipinski definition) is 2. The fourth-order valence-corrected chi connectivity index (χ4v) is 1.38. The van der Waals surface area contributed by atoms with E-state index in [-0.39, 0.29) is 5.56 Å². The van der Waals surface area contributed by atoms with Crippen LogP contribution in [0.25, 0.3) is 0 Å². The van der Waals surface area contributed by atoms with E-state index >= 15 is 0 Å². The summed E-state index contributed by atoms with van der Waals surface area (Å²) in [5.74, 6) is -0.413. The molecule has 0 fully saturated rings. The molecule has 0 bridgehead atoms. The van der Waals surface area contributed by atoms with Crippen molar-refractivity contribution in [2.45, 2.75) is 19.9 Å². The molecule has 1 aromatic carbocycles. The quantitative estimate of drug-likeness (QED) is 0.609. The Kier molecular flexibility index (Phi) is 5.24. The van der Waals surface area contributed by atoms with E-state index in [1.165, 1.54) is 6.07 Å². The Bertz CT molecular complexity index is 405. The summed E-state index contributed by atoms with van der Waals surface area (Å²) < 4.78 is 13.6. The number of rotatable bonds is 5. The average molecular weight is 218 g/mol. The summed E-state index contributed by atoms with van der Waals surface area (Å²) in [6.07, 6.45) is 4.96. The minimum atomic E-state index is -0.413. The summed E-state index contributed by atoms with van der Waals surface area (Å²) in [5.41, 5.74) is 0.646. The second-order valence-electron chi connectivity index (χ2n) is 3.42. The van der Waals surface area contributed by atoms with Gasteiger partial charge in [0.15, 0.2) is 0 Å². The molecule has 0 aromatic heterocycles. The minimum Gasteiger partial charge on any atom is -0.312 e.